The number of hydrogen-bond acceptors (Lipinski definition) is 6. The van der Waals surface area contributed by atoms with Crippen LogP contribution in [0.2, 0.25) is 0 Å². The maximum atomic E-state index is 13.0. The number of sulfonamides is 1. The number of amides is 1. The summed E-state index contributed by atoms with van der Waals surface area (Å²) < 4.78 is 28.2. The molecule has 2 aromatic rings. The maximum Gasteiger partial charge on any atom is 0.255 e. The van der Waals surface area contributed by atoms with Gasteiger partial charge in [0.1, 0.15) is 0 Å². The van der Waals surface area contributed by atoms with Crippen molar-refractivity contribution < 1.29 is 13.2 Å². The van der Waals surface area contributed by atoms with Gasteiger partial charge in [-0.15, -0.1) is 11.3 Å². The Kier molecular flexibility index (Phi) is 5.23. The summed E-state index contributed by atoms with van der Waals surface area (Å²) in [5.41, 5.74) is 0.372. The van der Waals surface area contributed by atoms with Crippen LogP contribution in [0.5, 0.6) is 0 Å². The number of hydrogen-bond donors (Lipinski definition) is 1. The topological polar surface area (TPSA) is 82.6 Å². The van der Waals surface area contributed by atoms with Gasteiger partial charge in [0, 0.05) is 48.3 Å². The van der Waals surface area contributed by atoms with E-state index in [2.05, 4.69) is 30.5 Å². The molecule has 0 radical (unpaired) electrons. The van der Waals surface area contributed by atoms with Crippen molar-refractivity contribution in [2.45, 2.75) is 23.8 Å². The van der Waals surface area contributed by atoms with E-state index in [1.165, 1.54) is 12.1 Å². The van der Waals surface area contributed by atoms with Crippen molar-refractivity contribution in [1.29, 1.82) is 0 Å². The quantitative estimate of drug-likeness (QED) is 0.724. The maximum absolute atomic E-state index is 13.0. The summed E-state index contributed by atoms with van der Waals surface area (Å²) in [4.78, 5) is 21.3. The van der Waals surface area contributed by atoms with Gasteiger partial charge < -0.3 is 9.80 Å². The number of benzene rings is 1. The predicted molar refractivity (Wildman–Crippen MR) is 108 cm³/mol. The molecule has 1 aliphatic heterocycles. The third-order valence-corrected chi connectivity index (χ3v) is 7.68. The molecule has 144 valence electrons. The second kappa shape index (κ2) is 7.50. The molecule has 27 heavy (non-hydrogen) atoms. The average Bonchev–Trinajstić information content (AvgIpc) is 3.29. The van der Waals surface area contributed by atoms with Crippen LogP contribution < -0.4 is 9.62 Å². The highest BCUT2D eigenvalue weighted by Crippen LogP contribution is 2.26. The number of nitrogens with zero attached hydrogens (tertiary/aromatic N) is 3. The normalized spacial score (nSPS) is 18.0. The van der Waals surface area contributed by atoms with E-state index in [1.54, 1.807) is 28.5 Å². The van der Waals surface area contributed by atoms with Crippen molar-refractivity contribution in [2.24, 2.45) is 0 Å². The molecular formula is C17H19BrN4O3S2. The Morgan fingerprint density at radius 1 is 1.22 bits per heavy atom. The molecule has 1 N–H and O–H groups in total. The second-order valence-electron chi connectivity index (χ2n) is 6.63. The summed E-state index contributed by atoms with van der Waals surface area (Å²) in [6.07, 6.45) is 3.51. The van der Waals surface area contributed by atoms with Gasteiger partial charge in [-0.05, 0) is 47.0 Å². The molecule has 0 bridgehead atoms. The molecule has 1 amide bonds. The molecule has 7 nitrogen and oxygen atoms in total. The molecule has 1 aromatic carbocycles. The molecule has 2 aliphatic rings. The number of carbonyl (C=O) groups is 1. The first kappa shape index (κ1) is 18.9. The zero-order valence-electron chi connectivity index (χ0n) is 14.5. The van der Waals surface area contributed by atoms with Gasteiger partial charge in [0.05, 0.1) is 10.5 Å². The number of rotatable bonds is 5. The van der Waals surface area contributed by atoms with Gasteiger partial charge in [0.15, 0.2) is 5.13 Å². The first-order chi connectivity index (χ1) is 12.9. The summed E-state index contributed by atoms with van der Waals surface area (Å²) in [5, 5.41) is 2.90. The zero-order valence-corrected chi connectivity index (χ0v) is 17.7. The van der Waals surface area contributed by atoms with Gasteiger partial charge in [0.2, 0.25) is 10.0 Å². The summed E-state index contributed by atoms with van der Waals surface area (Å²) in [6, 6.07) is 4.63. The van der Waals surface area contributed by atoms with Crippen molar-refractivity contribution in [3.63, 3.8) is 0 Å². The molecule has 1 saturated heterocycles. The largest absolute Gasteiger partial charge is 0.345 e. The fourth-order valence-electron chi connectivity index (χ4n) is 2.97. The van der Waals surface area contributed by atoms with Crippen LogP contribution in [0.25, 0.3) is 0 Å². The van der Waals surface area contributed by atoms with E-state index in [1.807, 2.05) is 5.38 Å². The molecule has 2 heterocycles. The molecule has 4 rings (SSSR count). The number of piperazine rings is 1. The van der Waals surface area contributed by atoms with E-state index in [-0.39, 0.29) is 16.8 Å². The predicted octanol–water partition coefficient (Wildman–Crippen LogP) is 2.31. The van der Waals surface area contributed by atoms with Crippen LogP contribution in [0.1, 0.15) is 23.2 Å². The van der Waals surface area contributed by atoms with E-state index in [0.29, 0.717) is 36.2 Å². The second-order valence-corrected chi connectivity index (χ2v) is 10.1. The monoisotopic (exact) mass is 470 g/mol. The Bertz CT molecular complexity index is 937. The number of anilines is 1. The third kappa shape index (κ3) is 4.18. The molecular weight excluding hydrogens is 452 g/mol. The summed E-state index contributed by atoms with van der Waals surface area (Å²) in [5.74, 6) is -0.163. The van der Waals surface area contributed by atoms with Crippen LogP contribution in [0.4, 0.5) is 5.13 Å². The minimum Gasteiger partial charge on any atom is -0.345 e. The van der Waals surface area contributed by atoms with E-state index in [0.717, 1.165) is 18.0 Å². The lowest BCUT2D eigenvalue weighted by Gasteiger charge is -2.34. The van der Waals surface area contributed by atoms with Crippen molar-refractivity contribution in [3.05, 3.63) is 39.8 Å². The molecule has 10 heteroatoms. The van der Waals surface area contributed by atoms with Crippen molar-refractivity contribution in [3.8, 4) is 0 Å². The number of nitrogens with one attached hydrogen (secondary N) is 1. The van der Waals surface area contributed by atoms with Crippen LogP contribution in [0.15, 0.2) is 39.1 Å². The highest BCUT2D eigenvalue weighted by atomic mass is 79.9. The van der Waals surface area contributed by atoms with Crippen molar-refractivity contribution in [2.75, 3.05) is 31.1 Å². The Balaban J connectivity index is 1.49. The molecule has 1 saturated carbocycles. The Morgan fingerprint density at radius 2 is 1.96 bits per heavy atom. The first-order valence-corrected chi connectivity index (χ1v) is 11.9. The lowest BCUT2D eigenvalue weighted by molar-refractivity contribution is 0.0745. The standard InChI is InChI=1S/C17H19BrN4O3S2/c18-15-4-3-13(27(24,25)20-12-1-2-12)11-14(15)16(23)21-6-8-22(9-7-21)17-19-5-10-26-17/h3-5,10-12,20H,1-2,6-9H2. The SMILES string of the molecule is O=C(c1cc(S(=O)(=O)NC2CC2)ccc1Br)N1CCN(c2nccs2)CC1. The molecule has 0 spiro atoms. The van der Waals surface area contributed by atoms with E-state index >= 15 is 0 Å². The van der Waals surface area contributed by atoms with E-state index in [4.69, 9.17) is 0 Å². The fourth-order valence-corrected chi connectivity index (χ4v) is 5.41. The van der Waals surface area contributed by atoms with Crippen molar-refractivity contribution in [1.82, 2.24) is 14.6 Å². The number of halogens is 1. The molecule has 0 atom stereocenters. The fraction of sp³-hybridized carbons (Fsp3) is 0.412. The van der Waals surface area contributed by atoms with Gasteiger partial charge in [-0.25, -0.2) is 18.1 Å². The first-order valence-electron chi connectivity index (χ1n) is 8.69. The molecule has 2 fully saturated rings. The number of aromatic nitrogens is 1. The van der Waals surface area contributed by atoms with Crippen LogP contribution in [-0.2, 0) is 10.0 Å². The highest BCUT2D eigenvalue weighted by molar-refractivity contribution is 9.10. The molecule has 1 aliphatic carbocycles. The van der Waals surface area contributed by atoms with E-state index < -0.39 is 10.0 Å². The van der Waals surface area contributed by atoms with Gasteiger partial charge in [-0.2, -0.15) is 0 Å². The van der Waals surface area contributed by atoms with Gasteiger partial charge in [-0.1, -0.05) is 0 Å². The van der Waals surface area contributed by atoms with Crippen LogP contribution in [0, 0.1) is 0 Å². The average molecular weight is 471 g/mol. The summed E-state index contributed by atoms with van der Waals surface area (Å²) in [6.45, 7) is 2.56. The summed E-state index contributed by atoms with van der Waals surface area (Å²) in [7, 11) is -3.60. The molecule has 0 unspecified atom stereocenters. The van der Waals surface area contributed by atoms with Crippen LogP contribution in [0.3, 0.4) is 0 Å². The zero-order chi connectivity index (χ0) is 19.0. The Hall–Kier alpha value is -1.49. The smallest absolute Gasteiger partial charge is 0.255 e. The minimum absolute atomic E-state index is 0.0248. The lowest BCUT2D eigenvalue weighted by Crippen LogP contribution is -2.48. The Morgan fingerprint density at radius 3 is 2.59 bits per heavy atom. The molecule has 1 aromatic heterocycles. The van der Waals surface area contributed by atoms with Crippen LogP contribution in [-0.4, -0.2) is 56.4 Å². The van der Waals surface area contributed by atoms with Gasteiger partial charge >= 0.3 is 0 Å². The summed E-state index contributed by atoms with van der Waals surface area (Å²) >= 11 is 4.97. The highest BCUT2D eigenvalue weighted by Gasteiger charge is 2.30. The van der Waals surface area contributed by atoms with E-state index in [9.17, 15) is 13.2 Å². The van der Waals surface area contributed by atoms with Crippen molar-refractivity contribution >= 4 is 48.3 Å². The Labute approximate surface area is 170 Å². The minimum atomic E-state index is -3.60. The lowest BCUT2D eigenvalue weighted by atomic mass is 10.2. The number of thiazole rings is 1. The van der Waals surface area contributed by atoms with Gasteiger partial charge in [-0.3, -0.25) is 4.79 Å². The van der Waals surface area contributed by atoms with Crippen LogP contribution >= 0.6 is 27.3 Å². The van der Waals surface area contributed by atoms with Gasteiger partial charge in [0.25, 0.3) is 5.91 Å². The third-order valence-electron chi connectivity index (χ3n) is 4.63. The number of carbonyl (C=O) groups excluding carboxylic acids is 1.